The van der Waals surface area contributed by atoms with Crippen LogP contribution in [0, 0.1) is 12.8 Å². The first-order valence-corrected chi connectivity index (χ1v) is 9.83. The molecule has 0 bridgehead atoms. The van der Waals surface area contributed by atoms with E-state index in [1.807, 2.05) is 25.1 Å². The number of nitrogens with one attached hydrogen (secondary N) is 1. The molecule has 1 aromatic carbocycles. The fraction of sp³-hybridized carbons (Fsp3) is 0.526. The summed E-state index contributed by atoms with van der Waals surface area (Å²) in [4.78, 5) is 39.9. The monoisotopic (exact) mass is 439 g/mol. The molecule has 1 heterocycles. The van der Waals surface area contributed by atoms with Gasteiger partial charge in [0, 0.05) is 30.3 Å². The molecule has 0 radical (unpaired) electrons. The number of hydrogen-bond acceptors (Lipinski definition) is 4. The second kappa shape index (κ2) is 9.73. The van der Waals surface area contributed by atoms with E-state index in [4.69, 9.17) is 4.74 Å². The third-order valence-electron chi connectivity index (χ3n) is 4.52. The molecule has 27 heavy (non-hydrogen) atoms. The van der Waals surface area contributed by atoms with E-state index in [1.54, 1.807) is 18.9 Å². The van der Waals surface area contributed by atoms with Crippen LogP contribution in [0.5, 0.6) is 0 Å². The van der Waals surface area contributed by atoms with Crippen molar-refractivity contribution < 1.29 is 19.1 Å². The van der Waals surface area contributed by atoms with Crippen molar-refractivity contribution in [3.8, 4) is 0 Å². The molecule has 1 aliphatic rings. The summed E-state index contributed by atoms with van der Waals surface area (Å²) in [5.74, 6) is -0.698. The molecular weight excluding hydrogens is 414 g/mol. The highest BCUT2D eigenvalue weighted by Crippen LogP contribution is 2.21. The van der Waals surface area contributed by atoms with Gasteiger partial charge in [0.05, 0.1) is 19.1 Å². The SMILES string of the molecule is CCOC(=O)N1CCC[C@H](C(=O)N(C)CC(=O)Nc2ccc(Br)cc2C)C1. The number of amides is 3. The van der Waals surface area contributed by atoms with Gasteiger partial charge in [-0.25, -0.2) is 4.79 Å². The lowest BCUT2D eigenvalue weighted by Crippen LogP contribution is -2.47. The van der Waals surface area contributed by atoms with Crippen molar-refractivity contribution in [2.45, 2.75) is 26.7 Å². The number of likely N-dealkylation sites (tertiary alicyclic amines) is 1. The van der Waals surface area contributed by atoms with E-state index in [1.165, 1.54) is 4.90 Å². The summed E-state index contributed by atoms with van der Waals surface area (Å²) < 4.78 is 5.95. The van der Waals surface area contributed by atoms with Crippen LogP contribution < -0.4 is 5.32 Å². The zero-order chi connectivity index (χ0) is 20.0. The quantitative estimate of drug-likeness (QED) is 0.764. The molecule has 2 rings (SSSR count). The highest BCUT2D eigenvalue weighted by molar-refractivity contribution is 9.10. The number of ether oxygens (including phenoxy) is 1. The number of halogens is 1. The Hall–Kier alpha value is -2.09. The average molecular weight is 440 g/mol. The minimum atomic E-state index is -0.388. The van der Waals surface area contributed by atoms with Crippen molar-refractivity contribution in [3.63, 3.8) is 0 Å². The topological polar surface area (TPSA) is 79.0 Å². The van der Waals surface area contributed by atoms with Crippen LogP contribution in [0.15, 0.2) is 22.7 Å². The standard InChI is InChI=1S/C19H26BrN3O4/c1-4-27-19(26)23-9-5-6-14(11-23)18(25)22(3)12-17(24)21-16-8-7-15(20)10-13(16)2/h7-8,10,14H,4-6,9,11-12H2,1-3H3,(H,21,24)/t14-/m0/s1. The van der Waals surface area contributed by atoms with Crippen LogP contribution in [0.25, 0.3) is 0 Å². The molecule has 148 valence electrons. The maximum absolute atomic E-state index is 12.7. The number of benzene rings is 1. The Balaban J connectivity index is 1.90. The van der Waals surface area contributed by atoms with Gasteiger partial charge >= 0.3 is 6.09 Å². The Morgan fingerprint density at radius 3 is 2.78 bits per heavy atom. The van der Waals surface area contributed by atoms with Crippen molar-refractivity contribution in [1.82, 2.24) is 9.80 Å². The van der Waals surface area contributed by atoms with Crippen molar-refractivity contribution >= 4 is 39.5 Å². The highest BCUT2D eigenvalue weighted by Gasteiger charge is 2.31. The van der Waals surface area contributed by atoms with E-state index in [-0.39, 0.29) is 30.4 Å². The van der Waals surface area contributed by atoms with Gasteiger partial charge in [-0.15, -0.1) is 0 Å². The molecule has 7 nitrogen and oxygen atoms in total. The number of aryl methyl sites for hydroxylation is 1. The van der Waals surface area contributed by atoms with Gasteiger partial charge in [-0.1, -0.05) is 15.9 Å². The summed E-state index contributed by atoms with van der Waals surface area (Å²) in [6.45, 7) is 4.85. The van der Waals surface area contributed by atoms with E-state index < -0.39 is 0 Å². The van der Waals surface area contributed by atoms with Gasteiger partial charge in [0.1, 0.15) is 0 Å². The van der Waals surface area contributed by atoms with Gasteiger partial charge in [0.15, 0.2) is 0 Å². The highest BCUT2D eigenvalue weighted by atomic mass is 79.9. The fourth-order valence-electron chi connectivity index (χ4n) is 3.12. The second-order valence-corrected chi connectivity index (χ2v) is 7.60. The zero-order valence-corrected chi connectivity index (χ0v) is 17.5. The van der Waals surface area contributed by atoms with Crippen molar-refractivity contribution in [3.05, 3.63) is 28.2 Å². The molecule has 1 fully saturated rings. The number of piperidine rings is 1. The average Bonchev–Trinajstić information content (AvgIpc) is 2.63. The van der Waals surface area contributed by atoms with E-state index in [9.17, 15) is 14.4 Å². The van der Waals surface area contributed by atoms with Gasteiger partial charge in [-0.05, 0) is 50.5 Å². The van der Waals surface area contributed by atoms with E-state index in [2.05, 4.69) is 21.2 Å². The number of likely N-dealkylation sites (N-methyl/N-ethyl adjacent to an activating group) is 1. The zero-order valence-electron chi connectivity index (χ0n) is 16.0. The van der Waals surface area contributed by atoms with Gasteiger partial charge in [-0.2, -0.15) is 0 Å². The predicted molar refractivity (Wildman–Crippen MR) is 106 cm³/mol. The molecule has 1 saturated heterocycles. The summed E-state index contributed by atoms with van der Waals surface area (Å²) in [5, 5.41) is 2.83. The second-order valence-electron chi connectivity index (χ2n) is 6.69. The first kappa shape index (κ1) is 21.2. The normalized spacial score (nSPS) is 16.6. The molecule has 0 aromatic heterocycles. The molecule has 3 amide bonds. The van der Waals surface area contributed by atoms with Crippen molar-refractivity contribution in [2.75, 3.05) is 38.6 Å². The van der Waals surface area contributed by atoms with Crippen LogP contribution in [0.3, 0.4) is 0 Å². The number of carbonyl (C=O) groups excluding carboxylic acids is 3. The third kappa shape index (κ3) is 5.95. The maximum atomic E-state index is 12.7. The minimum Gasteiger partial charge on any atom is -0.450 e. The number of anilines is 1. The Kier molecular flexibility index (Phi) is 7.65. The molecule has 1 aliphatic heterocycles. The third-order valence-corrected chi connectivity index (χ3v) is 5.01. The van der Waals surface area contributed by atoms with Crippen LogP contribution in [0.4, 0.5) is 10.5 Å². The Morgan fingerprint density at radius 1 is 1.37 bits per heavy atom. The lowest BCUT2D eigenvalue weighted by molar-refractivity contribution is -0.138. The van der Waals surface area contributed by atoms with Crippen LogP contribution in [-0.4, -0.2) is 61.0 Å². The molecule has 1 N–H and O–H groups in total. The van der Waals surface area contributed by atoms with Gasteiger partial charge < -0.3 is 19.9 Å². The Bertz CT molecular complexity index is 710. The van der Waals surface area contributed by atoms with E-state index in [0.29, 0.717) is 26.1 Å². The molecule has 1 aromatic rings. The lowest BCUT2D eigenvalue weighted by atomic mass is 9.97. The maximum Gasteiger partial charge on any atom is 0.409 e. The largest absolute Gasteiger partial charge is 0.450 e. The number of carbonyl (C=O) groups is 3. The van der Waals surface area contributed by atoms with Gasteiger partial charge in [0.25, 0.3) is 0 Å². The minimum absolute atomic E-state index is 0.0375. The molecule has 0 unspecified atom stereocenters. The van der Waals surface area contributed by atoms with Crippen molar-refractivity contribution in [1.29, 1.82) is 0 Å². The molecular formula is C19H26BrN3O4. The first-order valence-electron chi connectivity index (χ1n) is 9.04. The number of rotatable bonds is 5. The van der Waals surface area contributed by atoms with Crippen LogP contribution in [0.1, 0.15) is 25.3 Å². The summed E-state index contributed by atoms with van der Waals surface area (Å²) in [5.41, 5.74) is 1.65. The van der Waals surface area contributed by atoms with Gasteiger partial charge in [0.2, 0.25) is 11.8 Å². The number of nitrogens with zero attached hydrogens (tertiary/aromatic N) is 2. The first-order chi connectivity index (χ1) is 12.8. The lowest BCUT2D eigenvalue weighted by Gasteiger charge is -2.33. The van der Waals surface area contributed by atoms with Crippen LogP contribution >= 0.6 is 15.9 Å². The number of hydrogen-bond donors (Lipinski definition) is 1. The Labute approximate surface area is 168 Å². The van der Waals surface area contributed by atoms with Crippen LogP contribution in [0.2, 0.25) is 0 Å². The van der Waals surface area contributed by atoms with Crippen LogP contribution in [-0.2, 0) is 14.3 Å². The summed E-state index contributed by atoms with van der Waals surface area (Å²) in [7, 11) is 1.61. The summed E-state index contributed by atoms with van der Waals surface area (Å²) in [6.07, 6.45) is 1.06. The van der Waals surface area contributed by atoms with Gasteiger partial charge in [-0.3, -0.25) is 9.59 Å². The smallest absolute Gasteiger partial charge is 0.409 e. The summed E-state index contributed by atoms with van der Waals surface area (Å²) in [6, 6.07) is 5.58. The van der Waals surface area contributed by atoms with E-state index >= 15 is 0 Å². The summed E-state index contributed by atoms with van der Waals surface area (Å²) >= 11 is 3.39. The molecule has 1 atom stereocenters. The fourth-order valence-corrected chi connectivity index (χ4v) is 3.60. The Morgan fingerprint density at radius 2 is 2.11 bits per heavy atom. The molecule has 0 saturated carbocycles. The molecule has 8 heteroatoms. The molecule has 0 aliphatic carbocycles. The molecule has 0 spiro atoms. The predicted octanol–water partition coefficient (Wildman–Crippen LogP) is 3.02. The van der Waals surface area contributed by atoms with E-state index in [0.717, 1.165) is 22.1 Å². The van der Waals surface area contributed by atoms with Crippen molar-refractivity contribution in [2.24, 2.45) is 5.92 Å².